The Labute approximate surface area is 92.5 Å². The Bertz CT molecular complexity index is 497. The van der Waals surface area contributed by atoms with Gasteiger partial charge in [0.05, 0.1) is 0 Å². The van der Waals surface area contributed by atoms with Crippen molar-refractivity contribution in [1.82, 2.24) is 4.98 Å². The highest BCUT2D eigenvalue weighted by molar-refractivity contribution is 5.54. The van der Waals surface area contributed by atoms with Crippen LogP contribution in [0.4, 0.5) is 0 Å². The molecule has 2 rings (SSSR count). The Morgan fingerprint density at radius 3 is 2.25 bits per heavy atom. The van der Waals surface area contributed by atoms with Crippen molar-refractivity contribution in [3.8, 4) is 17.2 Å². The topological polar surface area (TPSA) is 73.6 Å². The maximum absolute atomic E-state index is 9.61. The number of hydrogen-bond acceptors (Lipinski definition) is 4. The van der Waals surface area contributed by atoms with E-state index in [9.17, 15) is 15.3 Å². The van der Waals surface area contributed by atoms with Gasteiger partial charge in [0.1, 0.15) is 0 Å². The third-order valence-corrected chi connectivity index (χ3v) is 2.36. The van der Waals surface area contributed by atoms with Gasteiger partial charge >= 0.3 is 0 Å². The fourth-order valence-corrected chi connectivity index (χ4v) is 1.47. The lowest BCUT2D eigenvalue weighted by molar-refractivity contribution is 0.365. The van der Waals surface area contributed by atoms with Gasteiger partial charge in [0.2, 0.25) is 5.75 Å². The first-order valence-corrected chi connectivity index (χ1v) is 4.80. The van der Waals surface area contributed by atoms with Gasteiger partial charge in [-0.1, -0.05) is 6.07 Å². The molecule has 1 aromatic carbocycles. The van der Waals surface area contributed by atoms with E-state index in [1.807, 2.05) is 12.1 Å². The zero-order valence-electron chi connectivity index (χ0n) is 8.46. The van der Waals surface area contributed by atoms with Gasteiger partial charge < -0.3 is 15.3 Å². The molecule has 3 N–H and O–H groups in total. The lowest BCUT2D eigenvalue weighted by Crippen LogP contribution is -1.89. The Morgan fingerprint density at radius 1 is 0.875 bits per heavy atom. The van der Waals surface area contributed by atoms with Crippen LogP contribution in [0.2, 0.25) is 0 Å². The standard InChI is InChI=1S/C12H11NO3/c14-10-2-1-9(11(15)12(10)16)7-8-3-5-13-6-4-8/h1-6,14-16H,7H2. The van der Waals surface area contributed by atoms with Crippen molar-refractivity contribution < 1.29 is 15.3 Å². The minimum absolute atomic E-state index is 0.281. The molecule has 4 nitrogen and oxygen atoms in total. The summed E-state index contributed by atoms with van der Waals surface area (Å²) in [6, 6.07) is 6.57. The van der Waals surface area contributed by atoms with Crippen LogP contribution in [-0.4, -0.2) is 20.3 Å². The zero-order chi connectivity index (χ0) is 11.5. The maximum Gasteiger partial charge on any atom is 0.200 e. The van der Waals surface area contributed by atoms with Crippen molar-refractivity contribution in [3.63, 3.8) is 0 Å². The van der Waals surface area contributed by atoms with E-state index in [0.29, 0.717) is 12.0 Å². The monoisotopic (exact) mass is 217 g/mol. The van der Waals surface area contributed by atoms with Crippen LogP contribution in [0.5, 0.6) is 17.2 Å². The van der Waals surface area contributed by atoms with Gasteiger partial charge in [-0.15, -0.1) is 0 Å². The van der Waals surface area contributed by atoms with Crippen LogP contribution in [0.3, 0.4) is 0 Å². The molecule has 0 radical (unpaired) electrons. The van der Waals surface area contributed by atoms with Crippen LogP contribution in [0.1, 0.15) is 11.1 Å². The molecule has 0 aliphatic heterocycles. The second-order valence-corrected chi connectivity index (χ2v) is 3.47. The summed E-state index contributed by atoms with van der Waals surface area (Å²) in [5.74, 6) is -1.08. The van der Waals surface area contributed by atoms with Crippen LogP contribution < -0.4 is 0 Å². The van der Waals surface area contributed by atoms with E-state index in [-0.39, 0.29) is 11.5 Å². The van der Waals surface area contributed by atoms with Gasteiger partial charge in [-0.25, -0.2) is 0 Å². The summed E-state index contributed by atoms with van der Waals surface area (Å²) in [6.07, 6.45) is 3.79. The Hall–Kier alpha value is -2.23. The van der Waals surface area contributed by atoms with Gasteiger partial charge in [0.15, 0.2) is 11.5 Å². The molecule has 1 heterocycles. The molecular formula is C12H11NO3. The second kappa shape index (κ2) is 4.10. The Kier molecular flexibility index (Phi) is 2.64. The summed E-state index contributed by atoms with van der Waals surface area (Å²) >= 11 is 0. The predicted octanol–water partition coefficient (Wildman–Crippen LogP) is 1.79. The molecule has 0 spiro atoms. The maximum atomic E-state index is 9.61. The molecule has 0 unspecified atom stereocenters. The summed E-state index contributed by atoms with van der Waals surface area (Å²) < 4.78 is 0. The van der Waals surface area contributed by atoms with E-state index in [2.05, 4.69) is 4.98 Å². The molecule has 0 amide bonds. The summed E-state index contributed by atoms with van der Waals surface area (Å²) in [6.45, 7) is 0. The SMILES string of the molecule is Oc1ccc(Cc2ccncc2)c(O)c1O. The van der Waals surface area contributed by atoms with Crippen molar-refractivity contribution in [2.45, 2.75) is 6.42 Å². The number of phenols is 3. The molecule has 82 valence electrons. The molecule has 0 aliphatic carbocycles. The van der Waals surface area contributed by atoms with E-state index < -0.39 is 5.75 Å². The average Bonchev–Trinajstić information content (AvgIpc) is 2.31. The van der Waals surface area contributed by atoms with E-state index in [0.717, 1.165) is 5.56 Å². The molecule has 0 saturated carbocycles. The van der Waals surface area contributed by atoms with E-state index in [1.165, 1.54) is 6.07 Å². The number of pyridine rings is 1. The number of phenolic OH excluding ortho intramolecular Hbond substituents is 3. The predicted molar refractivity (Wildman–Crippen MR) is 58.5 cm³/mol. The number of aromatic hydroxyl groups is 3. The van der Waals surface area contributed by atoms with Gasteiger partial charge in [-0.2, -0.15) is 0 Å². The Morgan fingerprint density at radius 2 is 1.56 bits per heavy atom. The van der Waals surface area contributed by atoms with E-state index in [1.54, 1.807) is 18.5 Å². The van der Waals surface area contributed by atoms with Crippen LogP contribution in [0.25, 0.3) is 0 Å². The fourth-order valence-electron chi connectivity index (χ4n) is 1.47. The van der Waals surface area contributed by atoms with Gasteiger partial charge in [0, 0.05) is 24.4 Å². The van der Waals surface area contributed by atoms with Gasteiger partial charge in [-0.3, -0.25) is 4.98 Å². The highest BCUT2D eigenvalue weighted by atomic mass is 16.3. The van der Waals surface area contributed by atoms with Crippen LogP contribution in [0.15, 0.2) is 36.7 Å². The van der Waals surface area contributed by atoms with Crippen LogP contribution in [-0.2, 0) is 6.42 Å². The number of nitrogens with zero attached hydrogens (tertiary/aromatic N) is 1. The minimum Gasteiger partial charge on any atom is -0.504 e. The molecule has 0 atom stereocenters. The smallest absolute Gasteiger partial charge is 0.200 e. The molecule has 0 saturated heterocycles. The van der Waals surface area contributed by atoms with Crippen LogP contribution >= 0.6 is 0 Å². The van der Waals surface area contributed by atoms with Crippen molar-refractivity contribution in [2.24, 2.45) is 0 Å². The first-order chi connectivity index (χ1) is 7.68. The molecule has 4 heteroatoms. The van der Waals surface area contributed by atoms with Crippen molar-refractivity contribution in [3.05, 3.63) is 47.8 Å². The van der Waals surface area contributed by atoms with Crippen LogP contribution in [0, 0.1) is 0 Å². The normalized spacial score (nSPS) is 10.2. The molecule has 0 fully saturated rings. The average molecular weight is 217 g/mol. The number of rotatable bonds is 2. The lowest BCUT2D eigenvalue weighted by atomic mass is 10.0. The molecular weight excluding hydrogens is 206 g/mol. The molecule has 1 aromatic heterocycles. The number of hydrogen-bond donors (Lipinski definition) is 3. The second-order valence-electron chi connectivity index (χ2n) is 3.47. The van der Waals surface area contributed by atoms with Crippen molar-refractivity contribution >= 4 is 0 Å². The van der Waals surface area contributed by atoms with Crippen molar-refractivity contribution in [2.75, 3.05) is 0 Å². The van der Waals surface area contributed by atoms with Gasteiger partial charge in [0.25, 0.3) is 0 Å². The largest absolute Gasteiger partial charge is 0.504 e. The van der Waals surface area contributed by atoms with E-state index >= 15 is 0 Å². The minimum atomic E-state index is -0.480. The highest BCUT2D eigenvalue weighted by Gasteiger charge is 2.10. The highest BCUT2D eigenvalue weighted by Crippen LogP contribution is 2.37. The molecule has 2 aromatic rings. The third kappa shape index (κ3) is 1.91. The van der Waals surface area contributed by atoms with Gasteiger partial charge in [-0.05, 0) is 23.8 Å². The fraction of sp³-hybridized carbons (Fsp3) is 0.0833. The number of aromatic nitrogens is 1. The molecule has 0 bridgehead atoms. The summed E-state index contributed by atoms with van der Waals surface area (Å²) in [4.78, 5) is 3.89. The first-order valence-electron chi connectivity index (χ1n) is 4.80. The molecule has 16 heavy (non-hydrogen) atoms. The quantitative estimate of drug-likeness (QED) is 0.670. The lowest BCUT2D eigenvalue weighted by Gasteiger charge is -2.07. The molecule has 0 aliphatic rings. The zero-order valence-corrected chi connectivity index (χ0v) is 8.46. The summed E-state index contributed by atoms with van der Waals surface area (Å²) in [7, 11) is 0. The third-order valence-electron chi connectivity index (χ3n) is 2.36. The Balaban J connectivity index is 2.33. The summed E-state index contributed by atoms with van der Waals surface area (Å²) in [5, 5.41) is 28.1. The number of benzene rings is 1. The summed E-state index contributed by atoms with van der Waals surface area (Å²) in [5.41, 5.74) is 1.52. The first kappa shape index (κ1) is 10.3. The van der Waals surface area contributed by atoms with E-state index in [4.69, 9.17) is 0 Å². The van der Waals surface area contributed by atoms with Crippen molar-refractivity contribution in [1.29, 1.82) is 0 Å².